The first-order valence-electron chi connectivity index (χ1n) is 10.5. The molecule has 1 aliphatic rings. The molecular weight excluding hydrogens is 412 g/mol. The number of nitrogens with one attached hydrogen (secondary N) is 2. The second-order valence-electron chi connectivity index (χ2n) is 7.13. The number of esters is 1. The minimum atomic E-state index is -0.694. The molecule has 32 heavy (non-hydrogen) atoms. The maximum absolute atomic E-state index is 12.9. The van der Waals surface area contributed by atoms with Crippen LogP contribution in [-0.2, 0) is 9.53 Å². The third-order valence-corrected chi connectivity index (χ3v) is 4.80. The highest BCUT2D eigenvalue weighted by Crippen LogP contribution is 2.34. The van der Waals surface area contributed by atoms with E-state index in [1.807, 2.05) is 37.3 Å². The molecule has 8 heteroatoms. The first-order valence-corrected chi connectivity index (χ1v) is 10.5. The lowest BCUT2D eigenvalue weighted by Crippen LogP contribution is -2.45. The number of methoxy groups -OCH3 is 1. The van der Waals surface area contributed by atoms with Gasteiger partial charge in [-0.25, -0.2) is 9.59 Å². The van der Waals surface area contributed by atoms with E-state index in [4.69, 9.17) is 18.9 Å². The number of urea groups is 1. The minimum absolute atomic E-state index is 0.0677. The molecule has 0 saturated carbocycles. The summed E-state index contributed by atoms with van der Waals surface area (Å²) in [5, 5.41) is 5.42. The van der Waals surface area contributed by atoms with Crippen molar-refractivity contribution in [2.45, 2.75) is 26.3 Å². The number of ether oxygens (including phenoxy) is 4. The quantitative estimate of drug-likeness (QED) is 0.432. The van der Waals surface area contributed by atoms with Crippen molar-refractivity contribution in [1.29, 1.82) is 0 Å². The summed E-state index contributed by atoms with van der Waals surface area (Å²) in [5.74, 6) is 1.27. The van der Waals surface area contributed by atoms with Gasteiger partial charge in [0.15, 0.2) is 11.5 Å². The number of hydrogen-bond donors (Lipinski definition) is 2. The Bertz CT molecular complexity index is 974. The van der Waals surface area contributed by atoms with Gasteiger partial charge in [0.2, 0.25) is 0 Å². The number of para-hydroxylation sites is 1. The lowest BCUT2D eigenvalue weighted by Gasteiger charge is -2.28. The molecule has 2 aromatic rings. The molecule has 0 aliphatic carbocycles. The Hall–Kier alpha value is -3.68. The van der Waals surface area contributed by atoms with Crippen molar-refractivity contribution < 1.29 is 28.5 Å². The van der Waals surface area contributed by atoms with Crippen molar-refractivity contribution in [3.63, 3.8) is 0 Å². The Morgan fingerprint density at radius 1 is 1.00 bits per heavy atom. The molecule has 1 heterocycles. The summed E-state index contributed by atoms with van der Waals surface area (Å²) in [4.78, 5) is 25.0. The number of amides is 2. The van der Waals surface area contributed by atoms with E-state index in [-0.39, 0.29) is 13.2 Å². The molecule has 0 radical (unpaired) electrons. The van der Waals surface area contributed by atoms with E-state index in [2.05, 4.69) is 10.6 Å². The van der Waals surface area contributed by atoms with E-state index in [1.165, 1.54) is 0 Å². The Morgan fingerprint density at radius 3 is 2.50 bits per heavy atom. The summed E-state index contributed by atoms with van der Waals surface area (Å²) in [6, 6.07) is 13.5. The van der Waals surface area contributed by atoms with Crippen LogP contribution in [0.2, 0.25) is 0 Å². The molecule has 170 valence electrons. The molecule has 0 bridgehead atoms. The number of allylic oxidation sites excluding steroid dienone is 1. The van der Waals surface area contributed by atoms with Crippen LogP contribution in [0.3, 0.4) is 0 Å². The summed E-state index contributed by atoms with van der Waals surface area (Å²) in [7, 11) is 1.54. The lowest BCUT2D eigenvalue weighted by molar-refractivity contribution is -0.140. The smallest absolute Gasteiger partial charge is 0.338 e. The zero-order valence-electron chi connectivity index (χ0n) is 18.5. The second-order valence-corrected chi connectivity index (χ2v) is 7.13. The van der Waals surface area contributed by atoms with Crippen LogP contribution >= 0.6 is 0 Å². The van der Waals surface area contributed by atoms with Gasteiger partial charge in [-0.15, -0.1) is 0 Å². The van der Waals surface area contributed by atoms with Gasteiger partial charge in [0.05, 0.1) is 25.3 Å². The number of hydrogen-bond acceptors (Lipinski definition) is 6. The van der Waals surface area contributed by atoms with Gasteiger partial charge in [-0.2, -0.15) is 0 Å². The topological polar surface area (TPSA) is 95.1 Å². The van der Waals surface area contributed by atoms with Gasteiger partial charge in [0.25, 0.3) is 0 Å². The van der Waals surface area contributed by atoms with Gasteiger partial charge in [-0.05, 0) is 43.2 Å². The molecule has 0 fully saturated rings. The number of rotatable bonds is 10. The maximum Gasteiger partial charge on any atom is 0.338 e. The average molecular weight is 440 g/mol. The minimum Gasteiger partial charge on any atom is -0.493 e. The molecule has 0 saturated heterocycles. The molecule has 2 N–H and O–H groups in total. The fourth-order valence-corrected chi connectivity index (χ4v) is 3.30. The van der Waals surface area contributed by atoms with Crippen molar-refractivity contribution in [2.24, 2.45) is 0 Å². The molecule has 1 atom stereocenters. The van der Waals surface area contributed by atoms with E-state index in [0.29, 0.717) is 40.7 Å². The van der Waals surface area contributed by atoms with Crippen molar-refractivity contribution in [2.75, 3.05) is 26.9 Å². The van der Waals surface area contributed by atoms with E-state index >= 15 is 0 Å². The number of benzene rings is 2. The predicted molar refractivity (Wildman–Crippen MR) is 119 cm³/mol. The summed E-state index contributed by atoms with van der Waals surface area (Å²) < 4.78 is 22.1. The van der Waals surface area contributed by atoms with Gasteiger partial charge >= 0.3 is 12.0 Å². The van der Waals surface area contributed by atoms with Gasteiger partial charge in [0.1, 0.15) is 19.0 Å². The number of carbonyl (C=O) groups is 2. The summed E-state index contributed by atoms with van der Waals surface area (Å²) in [6.45, 7) is 4.52. The van der Waals surface area contributed by atoms with Crippen LogP contribution in [0.5, 0.6) is 17.2 Å². The van der Waals surface area contributed by atoms with Crippen LogP contribution in [0.4, 0.5) is 4.79 Å². The standard InChI is InChI=1S/C24H28N2O6/c1-4-12-31-19-11-10-17(15-20(19)29-3)22-21(16(2)25-24(28)26-22)23(27)32-14-13-30-18-8-6-5-7-9-18/h5-11,15,22H,4,12-14H2,1-3H3,(H2,25,26,28)/t22-/m0/s1. The molecule has 1 aliphatic heterocycles. The maximum atomic E-state index is 12.9. The van der Waals surface area contributed by atoms with E-state index < -0.39 is 18.0 Å². The van der Waals surface area contributed by atoms with Crippen molar-refractivity contribution >= 4 is 12.0 Å². The van der Waals surface area contributed by atoms with Crippen molar-refractivity contribution in [3.05, 3.63) is 65.4 Å². The SMILES string of the molecule is CCCOc1ccc([C@@H]2NC(=O)NC(C)=C2C(=O)OCCOc2ccccc2)cc1OC. The monoisotopic (exact) mass is 440 g/mol. The molecule has 2 aromatic carbocycles. The highest BCUT2D eigenvalue weighted by molar-refractivity contribution is 5.95. The fourth-order valence-electron chi connectivity index (χ4n) is 3.30. The molecular formula is C24H28N2O6. The average Bonchev–Trinajstić information content (AvgIpc) is 2.80. The zero-order valence-corrected chi connectivity index (χ0v) is 18.5. The molecule has 0 spiro atoms. The molecule has 8 nitrogen and oxygen atoms in total. The first kappa shape index (κ1) is 23.0. The second kappa shape index (κ2) is 11.1. The predicted octanol–water partition coefficient (Wildman–Crippen LogP) is 3.73. The highest BCUT2D eigenvalue weighted by atomic mass is 16.6. The van der Waals surface area contributed by atoms with Crippen LogP contribution in [0.15, 0.2) is 59.8 Å². The molecule has 0 unspecified atom stereocenters. The van der Waals surface area contributed by atoms with E-state index in [0.717, 1.165) is 6.42 Å². The third kappa shape index (κ3) is 5.72. The number of carbonyl (C=O) groups excluding carboxylic acids is 2. The van der Waals surface area contributed by atoms with Gasteiger partial charge in [0, 0.05) is 5.70 Å². The summed E-state index contributed by atoms with van der Waals surface area (Å²) in [5.41, 5.74) is 1.42. The molecule has 2 amide bonds. The van der Waals surface area contributed by atoms with Gasteiger partial charge in [-0.1, -0.05) is 31.2 Å². The lowest BCUT2D eigenvalue weighted by atomic mass is 9.95. The van der Waals surface area contributed by atoms with E-state index in [9.17, 15) is 9.59 Å². The Morgan fingerprint density at radius 2 is 1.78 bits per heavy atom. The Balaban J connectivity index is 1.73. The first-order chi connectivity index (χ1) is 15.5. The largest absolute Gasteiger partial charge is 0.493 e. The zero-order chi connectivity index (χ0) is 22.9. The van der Waals surface area contributed by atoms with Gasteiger partial charge < -0.3 is 29.6 Å². The summed E-state index contributed by atoms with van der Waals surface area (Å²) in [6.07, 6.45) is 0.862. The van der Waals surface area contributed by atoms with Crippen LogP contribution in [0.1, 0.15) is 31.9 Å². The van der Waals surface area contributed by atoms with E-state index in [1.54, 1.807) is 32.2 Å². The normalized spacial score (nSPS) is 15.5. The summed E-state index contributed by atoms with van der Waals surface area (Å²) >= 11 is 0. The van der Waals surface area contributed by atoms with Crippen LogP contribution in [-0.4, -0.2) is 38.9 Å². The molecule has 3 rings (SSSR count). The van der Waals surface area contributed by atoms with Crippen LogP contribution in [0.25, 0.3) is 0 Å². The van der Waals surface area contributed by atoms with Crippen LogP contribution < -0.4 is 24.8 Å². The van der Waals surface area contributed by atoms with Gasteiger partial charge in [-0.3, -0.25) is 0 Å². The fraction of sp³-hybridized carbons (Fsp3) is 0.333. The van der Waals surface area contributed by atoms with Crippen molar-refractivity contribution in [3.8, 4) is 17.2 Å². The van der Waals surface area contributed by atoms with Crippen molar-refractivity contribution in [1.82, 2.24) is 10.6 Å². The highest BCUT2D eigenvalue weighted by Gasteiger charge is 2.32. The Kier molecular flexibility index (Phi) is 7.96. The Labute approximate surface area is 187 Å². The third-order valence-electron chi connectivity index (χ3n) is 4.80. The van der Waals surface area contributed by atoms with Crippen LogP contribution in [0, 0.1) is 0 Å². The molecule has 0 aromatic heterocycles.